The van der Waals surface area contributed by atoms with E-state index in [1.165, 1.54) is 0 Å². The van der Waals surface area contributed by atoms with E-state index in [9.17, 15) is 9.90 Å². The standard InChI is InChI=1S/C19H20N4O3/c1-12-17-16(22-9-8-14(11-22)26-2)10-15(19(24)25)20-18(17)23(21-12)13-6-4-3-5-7-13/h3-7,10,14H,8-9,11H2,1-2H3,(H,24,25)/t14-/m0/s1. The molecule has 3 aromatic rings. The Morgan fingerprint density at radius 1 is 1.31 bits per heavy atom. The quantitative estimate of drug-likeness (QED) is 0.777. The number of aromatic carboxylic acids is 1. The van der Waals surface area contributed by atoms with Gasteiger partial charge in [-0.2, -0.15) is 5.10 Å². The third-order valence-corrected chi connectivity index (χ3v) is 4.83. The van der Waals surface area contributed by atoms with Crippen LogP contribution in [0.5, 0.6) is 0 Å². The largest absolute Gasteiger partial charge is 0.477 e. The first-order valence-corrected chi connectivity index (χ1v) is 8.55. The first kappa shape index (κ1) is 16.5. The SMILES string of the molecule is CO[C@H]1CCN(c2cc(C(=O)O)nc3c2c(C)nn3-c2ccccc2)C1. The van der Waals surface area contributed by atoms with Crippen LogP contribution in [-0.2, 0) is 4.74 Å². The molecule has 7 heteroatoms. The zero-order chi connectivity index (χ0) is 18.3. The summed E-state index contributed by atoms with van der Waals surface area (Å²) >= 11 is 0. The Labute approximate surface area is 150 Å². The number of carbonyl (C=O) groups is 1. The lowest BCUT2D eigenvalue weighted by Gasteiger charge is -2.20. The molecule has 0 bridgehead atoms. The molecule has 1 fully saturated rings. The molecule has 0 spiro atoms. The fraction of sp³-hybridized carbons (Fsp3) is 0.316. The number of anilines is 1. The highest BCUT2D eigenvalue weighted by atomic mass is 16.5. The number of methoxy groups -OCH3 is 1. The van der Waals surface area contributed by atoms with Gasteiger partial charge in [0.2, 0.25) is 0 Å². The lowest BCUT2D eigenvalue weighted by atomic mass is 10.2. The number of rotatable bonds is 4. The number of carboxylic acid groups (broad SMARTS) is 1. The van der Waals surface area contributed by atoms with E-state index < -0.39 is 5.97 Å². The number of hydrogen-bond donors (Lipinski definition) is 1. The Kier molecular flexibility index (Phi) is 4.08. The van der Waals surface area contributed by atoms with Gasteiger partial charge in [0.1, 0.15) is 0 Å². The molecule has 0 amide bonds. The lowest BCUT2D eigenvalue weighted by Crippen LogP contribution is -2.23. The van der Waals surface area contributed by atoms with Gasteiger partial charge in [0.25, 0.3) is 0 Å². The summed E-state index contributed by atoms with van der Waals surface area (Å²) in [6.07, 6.45) is 1.06. The zero-order valence-corrected chi connectivity index (χ0v) is 14.7. The second-order valence-electron chi connectivity index (χ2n) is 6.46. The van der Waals surface area contributed by atoms with E-state index in [4.69, 9.17) is 4.74 Å². The number of carboxylic acids is 1. The number of para-hydroxylation sites is 1. The van der Waals surface area contributed by atoms with Crippen LogP contribution in [0.15, 0.2) is 36.4 Å². The summed E-state index contributed by atoms with van der Waals surface area (Å²) in [4.78, 5) is 18.2. The zero-order valence-electron chi connectivity index (χ0n) is 14.7. The fourth-order valence-electron chi connectivity index (χ4n) is 3.51. The van der Waals surface area contributed by atoms with Crippen LogP contribution in [0.3, 0.4) is 0 Å². The van der Waals surface area contributed by atoms with Crippen molar-refractivity contribution in [1.29, 1.82) is 0 Å². The Morgan fingerprint density at radius 3 is 2.73 bits per heavy atom. The van der Waals surface area contributed by atoms with Crippen LogP contribution in [-0.4, -0.2) is 52.1 Å². The van der Waals surface area contributed by atoms with Crippen molar-refractivity contribution in [2.45, 2.75) is 19.4 Å². The van der Waals surface area contributed by atoms with Gasteiger partial charge in [-0.25, -0.2) is 14.5 Å². The normalized spacial score (nSPS) is 17.2. The fourth-order valence-corrected chi connectivity index (χ4v) is 3.51. The minimum absolute atomic E-state index is 0.0189. The Morgan fingerprint density at radius 2 is 2.08 bits per heavy atom. The molecule has 2 aromatic heterocycles. The van der Waals surface area contributed by atoms with E-state index in [0.717, 1.165) is 42.0 Å². The minimum Gasteiger partial charge on any atom is -0.477 e. The highest BCUT2D eigenvalue weighted by Gasteiger charge is 2.27. The van der Waals surface area contributed by atoms with Crippen LogP contribution in [0.4, 0.5) is 5.69 Å². The Hall–Kier alpha value is -2.93. The van der Waals surface area contributed by atoms with Gasteiger partial charge in [-0.1, -0.05) is 18.2 Å². The molecule has 0 saturated carbocycles. The number of ether oxygens (including phenoxy) is 1. The molecule has 3 heterocycles. The summed E-state index contributed by atoms with van der Waals surface area (Å²) in [6.45, 7) is 3.47. The molecule has 1 saturated heterocycles. The average molecular weight is 352 g/mol. The third-order valence-electron chi connectivity index (χ3n) is 4.83. The van der Waals surface area contributed by atoms with Crippen molar-refractivity contribution in [3.63, 3.8) is 0 Å². The van der Waals surface area contributed by atoms with E-state index in [-0.39, 0.29) is 11.8 Å². The Bertz CT molecular complexity index is 968. The van der Waals surface area contributed by atoms with Gasteiger partial charge in [-0.05, 0) is 31.5 Å². The van der Waals surface area contributed by atoms with E-state index in [1.807, 2.05) is 37.3 Å². The monoisotopic (exact) mass is 352 g/mol. The molecule has 26 heavy (non-hydrogen) atoms. The summed E-state index contributed by atoms with van der Waals surface area (Å²) in [6, 6.07) is 11.3. The molecule has 0 aliphatic carbocycles. The van der Waals surface area contributed by atoms with Crippen molar-refractivity contribution in [2.24, 2.45) is 0 Å². The van der Waals surface area contributed by atoms with Crippen LogP contribution < -0.4 is 4.90 Å². The summed E-state index contributed by atoms with van der Waals surface area (Å²) in [5.74, 6) is -1.05. The maximum Gasteiger partial charge on any atom is 0.354 e. The molecule has 7 nitrogen and oxygen atoms in total. The molecule has 1 N–H and O–H groups in total. The van der Waals surface area contributed by atoms with Crippen molar-refractivity contribution in [3.8, 4) is 5.69 Å². The topological polar surface area (TPSA) is 80.5 Å². The molecular weight excluding hydrogens is 332 g/mol. The molecule has 1 atom stereocenters. The Balaban J connectivity index is 1.94. The first-order chi connectivity index (χ1) is 12.6. The number of pyridine rings is 1. The number of hydrogen-bond acceptors (Lipinski definition) is 5. The molecule has 4 rings (SSSR count). The van der Waals surface area contributed by atoms with Crippen molar-refractivity contribution >= 4 is 22.7 Å². The van der Waals surface area contributed by atoms with E-state index >= 15 is 0 Å². The van der Waals surface area contributed by atoms with E-state index in [0.29, 0.717) is 5.65 Å². The van der Waals surface area contributed by atoms with Crippen LogP contribution in [0.1, 0.15) is 22.6 Å². The van der Waals surface area contributed by atoms with Crippen LogP contribution >= 0.6 is 0 Å². The molecule has 1 aromatic carbocycles. The summed E-state index contributed by atoms with van der Waals surface area (Å²) in [5, 5.41) is 15.1. The van der Waals surface area contributed by atoms with Gasteiger partial charge in [0, 0.05) is 20.2 Å². The number of nitrogens with zero attached hydrogens (tertiary/aromatic N) is 4. The van der Waals surface area contributed by atoms with Crippen LogP contribution in [0.25, 0.3) is 16.7 Å². The minimum atomic E-state index is -1.05. The summed E-state index contributed by atoms with van der Waals surface area (Å²) in [5.41, 5.74) is 3.11. The van der Waals surface area contributed by atoms with Gasteiger partial charge in [0.15, 0.2) is 11.3 Å². The van der Waals surface area contributed by atoms with Crippen molar-refractivity contribution in [2.75, 3.05) is 25.1 Å². The van der Waals surface area contributed by atoms with E-state index in [2.05, 4.69) is 15.0 Å². The van der Waals surface area contributed by atoms with Gasteiger partial charge in [0.05, 0.1) is 28.6 Å². The lowest BCUT2D eigenvalue weighted by molar-refractivity contribution is 0.0691. The number of aromatic nitrogens is 3. The predicted molar refractivity (Wildman–Crippen MR) is 98.2 cm³/mol. The second-order valence-corrected chi connectivity index (χ2v) is 6.46. The van der Waals surface area contributed by atoms with Crippen LogP contribution in [0, 0.1) is 6.92 Å². The molecule has 134 valence electrons. The molecule has 1 aliphatic rings. The van der Waals surface area contributed by atoms with Gasteiger partial charge < -0.3 is 14.7 Å². The molecule has 0 radical (unpaired) electrons. The first-order valence-electron chi connectivity index (χ1n) is 8.55. The smallest absolute Gasteiger partial charge is 0.354 e. The highest BCUT2D eigenvalue weighted by Crippen LogP contribution is 2.33. The van der Waals surface area contributed by atoms with Crippen molar-refractivity contribution < 1.29 is 14.6 Å². The molecular formula is C19H20N4O3. The van der Waals surface area contributed by atoms with Gasteiger partial charge >= 0.3 is 5.97 Å². The summed E-state index contributed by atoms with van der Waals surface area (Å²) < 4.78 is 7.18. The van der Waals surface area contributed by atoms with Gasteiger partial charge in [-0.15, -0.1) is 0 Å². The second kappa shape index (κ2) is 6.42. The maximum absolute atomic E-state index is 11.7. The van der Waals surface area contributed by atoms with E-state index in [1.54, 1.807) is 17.9 Å². The number of benzene rings is 1. The predicted octanol–water partition coefficient (Wildman–Crippen LogP) is 2.65. The highest BCUT2D eigenvalue weighted by molar-refractivity contribution is 5.98. The van der Waals surface area contributed by atoms with Crippen molar-refractivity contribution in [3.05, 3.63) is 47.8 Å². The number of aryl methyl sites for hydroxylation is 1. The van der Waals surface area contributed by atoms with Crippen molar-refractivity contribution in [1.82, 2.24) is 14.8 Å². The molecule has 0 unspecified atom stereocenters. The third kappa shape index (κ3) is 2.70. The van der Waals surface area contributed by atoms with Gasteiger partial charge in [-0.3, -0.25) is 0 Å². The average Bonchev–Trinajstić information content (AvgIpc) is 3.26. The molecule has 1 aliphatic heterocycles. The summed E-state index contributed by atoms with van der Waals surface area (Å²) in [7, 11) is 1.71. The number of fused-ring (bicyclic) bond motifs is 1. The maximum atomic E-state index is 11.7. The van der Waals surface area contributed by atoms with Crippen LogP contribution in [0.2, 0.25) is 0 Å².